The van der Waals surface area contributed by atoms with Crippen LogP contribution in [0.4, 0.5) is 4.39 Å². The predicted octanol–water partition coefficient (Wildman–Crippen LogP) is 2.78. The lowest BCUT2D eigenvalue weighted by Crippen LogP contribution is -2.46. The summed E-state index contributed by atoms with van der Waals surface area (Å²) in [5.74, 6) is 0.278. The summed E-state index contributed by atoms with van der Waals surface area (Å²) in [6.45, 7) is 8.18. The Labute approximate surface area is 154 Å². The Morgan fingerprint density at radius 3 is 2.65 bits per heavy atom. The normalized spacial score (nSPS) is 19.2. The summed E-state index contributed by atoms with van der Waals surface area (Å²) >= 11 is 0. The summed E-state index contributed by atoms with van der Waals surface area (Å²) in [7, 11) is 0. The molecule has 1 fully saturated rings. The monoisotopic (exact) mass is 358 g/mol. The first kappa shape index (κ1) is 18.6. The van der Waals surface area contributed by atoms with Crippen LogP contribution in [0.3, 0.4) is 0 Å². The van der Waals surface area contributed by atoms with Crippen LogP contribution in [0.15, 0.2) is 42.7 Å². The van der Waals surface area contributed by atoms with E-state index < -0.39 is 0 Å². The van der Waals surface area contributed by atoms with Gasteiger partial charge >= 0.3 is 0 Å². The van der Waals surface area contributed by atoms with Crippen molar-refractivity contribution in [2.45, 2.75) is 39.4 Å². The van der Waals surface area contributed by atoms with Crippen LogP contribution in [0.25, 0.3) is 0 Å². The van der Waals surface area contributed by atoms with Gasteiger partial charge in [-0.3, -0.25) is 14.4 Å². The highest BCUT2D eigenvalue weighted by Gasteiger charge is 2.31. The second-order valence-corrected chi connectivity index (χ2v) is 7.28. The van der Waals surface area contributed by atoms with E-state index in [2.05, 4.69) is 23.8 Å². The van der Waals surface area contributed by atoms with Gasteiger partial charge in [0.2, 0.25) is 5.91 Å². The minimum Gasteiger partial charge on any atom is -0.334 e. The molecule has 2 aromatic rings. The second-order valence-electron chi connectivity index (χ2n) is 7.28. The fourth-order valence-electron chi connectivity index (χ4n) is 3.48. The molecule has 1 aromatic heterocycles. The van der Waals surface area contributed by atoms with Crippen LogP contribution >= 0.6 is 0 Å². The molecule has 1 aliphatic heterocycles. The fraction of sp³-hybridized carbons (Fsp3) is 0.500. The van der Waals surface area contributed by atoms with Gasteiger partial charge in [-0.25, -0.2) is 4.39 Å². The van der Waals surface area contributed by atoms with Crippen molar-refractivity contribution >= 4 is 5.91 Å². The third-order valence-corrected chi connectivity index (χ3v) is 5.05. The number of aromatic nitrogens is 2. The number of rotatable bonds is 6. The highest BCUT2D eigenvalue weighted by Crippen LogP contribution is 2.21. The first-order valence-electron chi connectivity index (χ1n) is 9.26. The molecule has 140 valence electrons. The highest BCUT2D eigenvalue weighted by molar-refractivity contribution is 5.77. The number of carbonyl (C=O) groups is 1. The maximum Gasteiger partial charge on any atom is 0.224 e. The summed E-state index contributed by atoms with van der Waals surface area (Å²) in [5.41, 5.74) is 0.968. The molecule has 0 aliphatic carbocycles. The van der Waals surface area contributed by atoms with Gasteiger partial charge in [0.1, 0.15) is 5.82 Å². The van der Waals surface area contributed by atoms with E-state index in [4.69, 9.17) is 0 Å². The average molecular weight is 358 g/mol. The standard InChI is InChI=1S/C20H27FN4O/c1-16(2)19-15-23(12-13-24-10-3-9-22-24)11-8-20(26)25(19)14-17-4-6-18(21)7-5-17/h3-7,9-10,16,19H,8,11-15H2,1-2H3. The minimum absolute atomic E-state index is 0.146. The number of carbonyl (C=O) groups excluding carboxylic acids is 1. The van der Waals surface area contributed by atoms with Gasteiger partial charge < -0.3 is 4.90 Å². The molecule has 0 N–H and O–H groups in total. The topological polar surface area (TPSA) is 41.4 Å². The van der Waals surface area contributed by atoms with Crippen molar-refractivity contribution in [1.82, 2.24) is 19.6 Å². The lowest BCUT2D eigenvalue weighted by molar-refractivity contribution is -0.134. The zero-order valence-electron chi connectivity index (χ0n) is 15.5. The van der Waals surface area contributed by atoms with Crippen molar-refractivity contribution in [2.24, 2.45) is 5.92 Å². The van der Waals surface area contributed by atoms with Gasteiger partial charge in [-0.1, -0.05) is 26.0 Å². The van der Waals surface area contributed by atoms with E-state index >= 15 is 0 Å². The molecule has 2 heterocycles. The van der Waals surface area contributed by atoms with Crippen molar-refractivity contribution < 1.29 is 9.18 Å². The third-order valence-electron chi connectivity index (χ3n) is 5.05. The molecular formula is C20H27FN4O. The summed E-state index contributed by atoms with van der Waals surface area (Å²) in [6.07, 6.45) is 4.26. The number of halogens is 1. The van der Waals surface area contributed by atoms with Crippen LogP contribution in [0.5, 0.6) is 0 Å². The third kappa shape index (κ3) is 4.69. The molecule has 1 atom stereocenters. The number of benzene rings is 1. The summed E-state index contributed by atoms with van der Waals surface area (Å²) in [5, 5.41) is 4.25. The van der Waals surface area contributed by atoms with Gasteiger partial charge in [-0.05, 0) is 29.7 Å². The van der Waals surface area contributed by atoms with Crippen molar-refractivity contribution in [1.29, 1.82) is 0 Å². The van der Waals surface area contributed by atoms with Gasteiger partial charge in [0.15, 0.2) is 0 Å². The van der Waals surface area contributed by atoms with Crippen LogP contribution in [0.2, 0.25) is 0 Å². The zero-order valence-corrected chi connectivity index (χ0v) is 15.5. The Bertz CT molecular complexity index is 699. The van der Waals surface area contributed by atoms with Crippen LogP contribution in [-0.2, 0) is 17.9 Å². The Balaban J connectivity index is 1.69. The first-order chi connectivity index (χ1) is 12.5. The maximum atomic E-state index is 13.2. The average Bonchev–Trinajstić information content (AvgIpc) is 3.08. The maximum absolute atomic E-state index is 13.2. The van der Waals surface area contributed by atoms with E-state index in [-0.39, 0.29) is 17.8 Å². The van der Waals surface area contributed by atoms with E-state index in [0.29, 0.717) is 18.9 Å². The predicted molar refractivity (Wildman–Crippen MR) is 98.9 cm³/mol. The number of hydrogen-bond acceptors (Lipinski definition) is 3. The van der Waals surface area contributed by atoms with Gasteiger partial charge in [0.25, 0.3) is 0 Å². The quantitative estimate of drug-likeness (QED) is 0.797. The molecule has 1 unspecified atom stereocenters. The molecule has 0 radical (unpaired) electrons. The number of amides is 1. The van der Waals surface area contributed by atoms with E-state index in [1.54, 1.807) is 18.3 Å². The Hall–Kier alpha value is -2.21. The summed E-state index contributed by atoms with van der Waals surface area (Å²) < 4.78 is 15.1. The van der Waals surface area contributed by atoms with E-state index in [0.717, 1.165) is 31.7 Å². The molecule has 5 nitrogen and oxygen atoms in total. The van der Waals surface area contributed by atoms with Gasteiger partial charge in [-0.15, -0.1) is 0 Å². The van der Waals surface area contributed by atoms with Crippen molar-refractivity contribution in [3.8, 4) is 0 Å². The van der Waals surface area contributed by atoms with Crippen LogP contribution in [0.1, 0.15) is 25.8 Å². The first-order valence-corrected chi connectivity index (χ1v) is 9.26. The second kappa shape index (κ2) is 8.45. The van der Waals surface area contributed by atoms with E-state index in [1.165, 1.54) is 12.1 Å². The Morgan fingerprint density at radius 2 is 2.00 bits per heavy atom. The smallest absolute Gasteiger partial charge is 0.224 e. The SMILES string of the molecule is CC(C)C1CN(CCn2cccn2)CCC(=O)N1Cc1ccc(F)cc1. The minimum atomic E-state index is -0.249. The number of nitrogens with zero attached hydrogens (tertiary/aromatic N) is 4. The largest absolute Gasteiger partial charge is 0.334 e. The molecule has 0 saturated carbocycles. The molecule has 1 aliphatic rings. The lowest BCUT2D eigenvalue weighted by atomic mass is 10.0. The van der Waals surface area contributed by atoms with E-state index in [9.17, 15) is 9.18 Å². The van der Waals surface area contributed by atoms with Crippen molar-refractivity contribution in [2.75, 3.05) is 19.6 Å². The van der Waals surface area contributed by atoms with Crippen LogP contribution < -0.4 is 0 Å². The highest BCUT2D eigenvalue weighted by atomic mass is 19.1. The lowest BCUT2D eigenvalue weighted by Gasteiger charge is -2.35. The van der Waals surface area contributed by atoms with Crippen molar-refractivity contribution in [3.63, 3.8) is 0 Å². The van der Waals surface area contributed by atoms with Crippen molar-refractivity contribution in [3.05, 3.63) is 54.1 Å². The molecule has 26 heavy (non-hydrogen) atoms. The van der Waals surface area contributed by atoms with Gasteiger partial charge in [0.05, 0.1) is 6.54 Å². The molecule has 1 saturated heterocycles. The van der Waals surface area contributed by atoms with E-state index in [1.807, 2.05) is 21.8 Å². The Kier molecular flexibility index (Phi) is 6.04. The summed E-state index contributed by atoms with van der Waals surface area (Å²) in [6, 6.07) is 8.51. The molecule has 3 rings (SSSR count). The van der Waals surface area contributed by atoms with Crippen LogP contribution in [0, 0.1) is 11.7 Å². The molecular weight excluding hydrogens is 331 g/mol. The fourth-order valence-corrected chi connectivity index (χ4v) is 3.48. The van der Waals surface area contributed by atoms with Crippen LogP contribution in [-0.4, -0.2) is 51.2 Å². The zero-order chi connectivity index (χ0) is 18.5. The summed E-state index contributed by atoms with van der Waals surface area (Å²) in [4.78, 5) is 17.1. The molecule has 0 spiro atoms. The number of hydrogen-bond donors (Lipinski definition) is 0. The molecule has 1 aromatic carbocycles. The van der Waals surface area contributed by atoms with Gasteiger partial charge in [0, 0.05) is 51.0 Å². The molecule has 0 bridgehead atoms. The van der Waals surface area contributed by atoms with Gasteiger partial charge in [-0.2, -0.15) is 5.10 Å². The molecule has 1 amide bonds. The Morgan fingerprint density at radius 1 is 1.23 bits per heavy atom. The molecule has 6 heteroatoms.